The van der Waals surface area contributed by atoms with Gasteiger partial charge in [-0.3, -0.25) is 9.59 Å². The molecule has 0 fully saturated rings. The van der Waals surface area contributed by atoms with Crippen LogP contribution in [0.4, 0.5) is 0 Å². The van der Waals surface area contributed by atoms with Crippen molar-refractivity contribution in [2.75, 3.05) is 7.05 Å². The molecule has 2 aromatic rings. The minimum absolute atomic E-state index is 0.197. The minimum Gasteiger partial charge on any atom is -0.355 e. The van der Waals surface area contributed by atoms with Crippen LogP contribution in [-0.2, 0) is 11.0 Å². The summed E-state index contributed by atoms with van der Waals surface area (Å²) in [4.78, 5) is 24.9. The summed E-state index contributed by atoms with van der Waals surface area (Å²) in [6.45, 7) is 6.56. The Kier molecular flexibility index (Phi) is 6.21. The number of hydrogen-bond acceptors (Lipinski definition) is 2. The highest BCUT2D eigenvalue weighted by atomic mass is 127. The van der Waals surface area contributed by atoms with Crippen LogP contribution in [0.2, 0.25) is 0 Å². The Morgan fingerprint density at radius 2 is 1.79 bits per heavy atom. The first-order chi connectivity index (χ1) is 11.4. The van der Waals surface area contributed by atoms with Crippen LogP contribution in [0.5, 0.6) is 0 Å². The molecule has 5 heteroatoms. The lowest BCUT2D eigenvalue weighted by Gasteiger charge is -2.20. The zero-order chi connectivity index (χ0) is 17.9. The number of nitrogens with one attached hydrogen (secondary N) is 1. The van der Waals surface area contributed by atoms with Crippen LogP contribution in [0.1, 0.15) is 52.5 Å². The van der Waals surface area contributed by atoms with Crippen LogP contribution in [0, 0.1) is 6.92 Å². The number of carbonyl (C=O) groups is 1. The monoisotopic (exact) mass is 438 g/mol. The molecule has 0 aliphatic carbocycles. The number of halogens is 1. The number of aryl methyl sites for hydroxylation is 1. The molecule has 0 aliphatic rings. The van der Waals surface area contributed by atoms with Crippen molar-refractivity contribution < 1.29 is 4.79 Å². The fraction of sp³-hybridized carbons (Fsp3) is 0.368. The normalized spacial score (nSPS) is 10.9. The van der Waals surface area contributed by atoms with Crippen molar-refractivity contribution in [2.24, 2.45) is 0 Å². The highest BCUT2D eigenvalue weighted by Gasteiger charge is 2.18. The molecule has 0 radical (unpaired) electrons. The van der Waals surface area contributed by atoms with Gasteiger partial charge in [0.25, 0.3) is 11.5 Å². The first-order valence-electron chi connectivity index (χ1n) is 7.99. The van der Waals surface area contributed by atoms with Gasteiger partial charge in [0, 0.05) is 17.2 Å². The molecule has 0 unspecified atom stereocenters. The highest BCUT2D eigenvalue weighted by molar-refractivity contribution is 14.1. The van der Waals surface area contributed by atoms with Crippen LogP contribution < -0.4 is 10.9 Å². The van der Waals surface area contributed by atoms with E-state index in [1.807, 2.05) is 19.1 Å². The fourth-order valence-electron chi connectivity index (χ4n) is 2.96. The zero-order valence-electron chi connectivity index (χ0n) is 14.5. The van der Waals surface area contributed by atoms with Gasteiger partial charge in [-0.2, -0.15) is 0 Å². The summed E-state index contributed by atoms with van der Waals surface area (Å²) in [7, 11) is 1.54. The molecule has 0 atom stereocenters. The van der Waals surface area contributed by atoms with Crippen molar-refractivity contribution in [1.29, 1.82) is 0 Å². The van der Waals surface area contributed by atoms with E-state index in [9.17, 15) is 9.59 Å². The van der Waals surface area contributed by atoms with Crippen molar-refractivity contribution in [3.05, 3.63) is 68.6 Å². The van der Waals surface area contributed by atoms with Gasteiger partial charge in [0.1, 0.15) is 5.56 Å². The Hall–Kier alpha value is -1.63. The topological polar surface area (TPSA) is 51.1 Å². The quantitative estimate of drug-likeness (QED) is 0.573. The smallest absolute Gasteiger partial charge is 0.263 e. The molecule has 1 amide bonds. The Morgan fingerprint density at radius 1 is 1.21 bits per heavy atom. The second-order valence-electron chi connectivity index (χ2n) is 6.20. The summed E-state index contributed by atoms with van der Waals surface area (Å²) in [6.07, 6.45) is 0. The summed E-state index contributed by atoms with van der Waals surface area (Å²) < 4.78 is 2.70. The first kappa shape index (κ1) is 18.7. The molecule has 1 aromatic heterocycles. The average Bonchev–Trinajstić information content (AvgIpc) is 2.57. The van der Waals surface area contributed by atoms with E-state index in [0.29, 0.717) is 6.54 Å². The number of alkyl halides is 1. The molecule has 1 aromatic carbocycles. The summed E-state index contributed by atoms with van der Waals surface area (Å²) >= 11 is 2.33. The van der Waals surface area contributed by atoms with Crippen LogP contribution >= 0.6 is 22.6 Å². The second-order valence-corrected chi connectivity index (χ2v) is 6.96. The molecule has 0 bridgehead atoms. The molecular weight excluding hydrogens is 415 g/mol. The predicted molar refractivity (Wildman–Crippen MR) is 106 cm³/mol. The molecule has 128 valence electrons. The molecule has 0 aliphatic heterocycles. The number of benzene rings is 1. The predicted octanol–water partition coefficient (Wildman–Crippen LogP) is 3.62. The van der Waals surface area contributed by atoms with Crippen molar-refractivity contribution in [3.63, 3.8) is 0 Å². The summed E-state index contributed by atoms with van der Waals surface area (Å²) in [5.74, 6) is -0.141. The Bertz CT molecular complexity index is 792. The van der Waals surface area contributed by atoms with E-state index in [2.05, 4.69) is 53.9 Å². The van der Waals surface area contributed by atoms with Gasteiger partial charge in [0.2, 0.25) is 0 Å². The van der Waals surface area contributed by atoms with Crippen molar-refractivity contribution in [2.45, 2.75) is 37.7 Å². The van der Waals surface area contributed by atoms with Gasteiger partial charge >= 0.3 is 0 Å². The number of nitrogens with zero attached hydrogens (tertiary/aromatic N) is 1. The standard InChI is InChI=1S/C19H23IN2O2/c1-12(2)17-13(3)9-16(18(23)21-4)19(24)22(17)11-15-7-5-14(10-20)6-8-15/h5-9,12H,10-11H2,1-4H3,(H,21,23). The third-order valence-electron chi connectivity index (χ3n) is 4.07. The largest absolute Gasteiger partial charge is 0.355 e. The van der Waals surface area contributed by atoms with Crippen LogP contribution in [0.25, 0.3) is 0 Å². The van der Waals surface area contributed by atoms with Crippen molar-refractivity contribution in [1.82, 2.24) is 9.88 Å². The third-order valence-corrected chi connectivity index (χ3v) is 4.95. The van der Waals surface area contributed by atoms with E-state index in [0.717, 1.165) is 21.2 Å². The highest BCUT2D eigenvalue weighted by Crippen LogP contribution is 2.20. The number of rotatable bonds is 5. The molecule has 1 heterocycles. The summed E-state index contributed by atoms with van der Waals surface area (Å²) in [6, 6.07) is 9.96. The molecule has 0 saturated heterocycles. The third kappa shape index (κ3) is 3.88. The van der Waals surface area contributed by atoms with E-state index < -0.39 is 0 Å². The molecule has 2 rings (SSSR count). The molecule has 0 spiro atoms. The van der Waals surface area contributed by atoms with Gasteiger partial charge in [-0.1, -0.05) is 60.7 Å². The maximum atomic E-state index is 12.9. The maximum absolute atomic E-state index is 12.9. The number of hydrogen-bond donors (Lipinski definition) is 1. The lowest BCUT2D eigenvalue weighted by molar-refractivity contribution is 0.0961. The maximum Gasteiger partial charge on any atom is 0.263 e. The second kappa shape index (κ2) is 7.96. The van der Waals surface area contributed by atoms with E-state index in [1.54, 1.807) is 17.7 Å². The minimum atomic E-state index is -0.340. The SMILES string of the molecule is CNC(=O)c1cc(C)c(C(C)C)n(Cc2ccc(CI)cc2)c1=O. The molecular formula is C19H23IN2O2. The number of carbonyl (C=O) groups excluding carboxylic acids is 1. The number of pyridine rings is 1. The van der Waals surface area contributed by atoms with Crippen LogP contribution in [0.15, 0.2) is 35.1 Å². The van der Waals surface area contributed by atoms with E-state index in [-0.39, 0.29) is 22.9 Å². The molecule has 4 nitrogen and oxygen atoms in total. The Labute approximate surface area is 156 Å². The molecule has 24 heavy (non-hydrogen) atoms. The van der Waals surface area contributed by atoms with Gasteiger partial charge in [-0.05, 0) is 35.6 Å². The van der Waals surface area contributed by atoms with E-state index in [1.165, 1.54) is 5.56 Å². The van der Waals surface area contributed by atoms with Crippen molar-refractivity contribution in [3.8, 4) is 0 Å². The van der Waals surface area contributed by atoms with Crippen LogP contribution in [-0.4, -0.2) is 17.5 Å². The average molecular weight is 438 g/mol. The Balaban J connectivity index is 2.58. The lowest BCUT2D eigenvalue weighted by Crippen LogP contribution is -2.34. The number of aromatic nitrogens is 1. The van der Waals surface area contributed by atoms with Gasteiger partial charge in [-0.15, -0.1) is 0 Å². The first-order valence-corrected chi connectivity index (χ1v) is 9.51. The molecule has 0 saturated carbocycles. The summed E-state index contributed by atoms with van der Waals surface area (Å²) in [5.41, 5.74) is 4.22. The molecule has 1 N–H and O–H groups in total. The summed E-state index contributed by atoms with van der Waals surface area (Å²) in [5, 5.41) is 2.55. The van der Waals surface area contributed by atoms with Gasteiger partial charge < -0.3 is 9.88 Å². The van der Waals surface area contributed by atoms with E-state index in [4.69, 9.17) is 0 Å². The zero-order valence-corrected chi connectivity index (χ0v) is 16.7. The van der Waals surface area contributed by atoms with Gasteiger partial charge in [0.05, 0.1) is 6.54 Å². The fourth-order valence-corrected chi connectivity index (χ4v) is 3.47. The van der Waals surface area contributed by atoms with E-state index >= 15 is 0 Å². The lowest BCUT2D eigenvalue weighted by atomic mass is 10.0. The Morgan fingerprint density at radius 3 is 2.29 bits per heavy atom. The van der Waals surface area contributed by atoms with Crippen LogP contribution in [0.3, 0.4) is 0 Å². The van der Waals surface area contributed by atoms with Crippen molar-refractivity contribution >= 4 is 28.5 Å². The van der Waals surface area contributed by atoms with Gasteiger partial charge in [0.15, 0.2) is 0 Å². The van der Waals surface area contributed by atoms with Gasteiger partial charge in [-0.25, -0.2) is 0 Å². The number of amides is 1.